The van der Waals surface area contributed by atoms with Crippen molar-refractivity contribution in [3.05, 3.63) is 102 Å². The maximum absolute atomic E-state index is 14.4. The van der Waals surface area contributed by atoms with Crippen LogP contribution in [0.4, 0.5) is 18.0 Å². The Morgan fingerprint density at radius 1 is 0.857 bits per heavy atom. The molecule has 10 nitrogen and oxygen atoms in total. The lowest BCUT2D eigenvalue weighted by atomic mass is 9.84. The van der Waals surface area contributed by atoms with E-state index in [2.05, 4.69) is 10.6 Å². The Morgan fingerprint density at radius 3 is 1.86 bits per heavy atom. The highest BCUT2D eigenvalue weighted by molar-refractivity contribution is 7.89. The number of nitrogens with one attached hydrogen (secondary N) is 2. The maximum atomic E-state index is 14.4. The van der Waals surface area contributed by atoms with Gasteiger partial charge in [-0.25, -0.2) is 13.2 Å². The van der Waals surface area contributed by atoms with E-state index in [4.69, 9.17) is 4.74 Å². The van der Waals surface area contributed by atoms with E-state index in [1.165, 1.54) is 24.3 Å². The molecule has 3 atom stereocenters. The number of ether oxygens (including phenoxy) is 1. The van der Waals surface area contributed by atoms with Gasteiger partial charge < -0.3 is 25.6 Å². The molecular weight excluding hydrogens is 663 g/mol. The first-order valence-corrected chi connectivity index (χ1v) is 17.3. The number of alkyl halides is 3. The van der Waals surface area contributed by atoms with E-state index < -0.39 is 65.3 Å². The fourth-order valence-corrected chi connectivity index (χ4v) is 7.36. The van der Waals surface area contributed by atoms with Crippen molar-refractivity contribution >= 4 is 22.0 Å². The molecule has 0 saturated carbocycles. The molecular formula is C35H44F3N3O7S. The number of benzene rings is 3. The van der Waals surface area contributed by atoms with Crippen LogP contribution in [0.5, 0.6) is 0 Å². The molecule has 49 heavy (non-hydrogen) atoms. The van der Waals surface area contributed by atoms with Crippen LogP contribution in [0.1, 0.15) is 55.7 Å². The zero-order valence-corrected chi connectivity index (χ0v) is 28.5. The predicted molar refractivity (Wildman–Crippen MR) is 178 cm³/mol. The summed E-state index contributed by atoms with van der Waals surface area (Å²) in [5.74, 6) is -2.15. The number of rotatable bonds is 17. The molecule has 0 heterocycles. The quantitative estimate of drug-likeness (QED) is 0.155. The SMILES string of the molecule is COC(=O)N[C@H](C(=O)N[C@H](CCC[C@@H](CO)N(CC(C)C)S(=O)(=O)c1ccc(CO)cc1)C(F)(F)F)C(c1ccccc1)c1ccccc1. The molecule has 0 spiro atoms. The first kappa shape index (κ1) is 39.5. The van der Waals surface area contributed by atoms with Crippen molar-refractivity contribution in [2.24, 2.45) is 5.92 Å². The summed E-state index contributed by atoms with van der Waals surface area (Å²) in [6.07, 6.45) is -6.88. The van der Waals surface area contributed by atoms with Gasteiger partial charge in [-0.3, -0.25) is 4.79 Å². The number of hydrogen-bond donors (Lipinski definition) is 4. The fourth-order valence-electron chi connectivity index (χ4n) is 5.55. The van der Waals surface area contributed by atoms with Gasteiger partial charge in [-0.05, 0) is 54.0 Å². The summed E-state index contributed by atoms with van der Waals surface area (Å²) in [6, 6.07) is 17.8. The highest BCUT2D eigenvalue weighted by Gasteiger charge is 2.43. The number of sulfonamides is 1. The van der Waals surface area contributed by atoms with Crippen molar-refractivity contribution in [2.45, 2.75) is 74.8 Å². The largest absolute Gasteiger partial charge is 0.453 e. The molecule has 0 aliphatic carbocycles. The van der Waals surface area contributed by atoms with Crippen LogP contribution in [0, 0.1) is 5.92 Å². The lowest BCUT2D eigenvalue weighted by Gasteiger charge is -2.32. The number of hydrogen-bond acceptors (Lipinski definition) is 7. The van der Waals surface area contributed by atoms with Gasteiger partial charge in [0.15, 0.2) is 0 Å². The van der Waals surface area contributed by atoms with Crippen molar-refractivity contribution in [2.75, 3.05) is 20.3 Å². The van der Waals surface area contributed by atoms with Crippen LogP contribution in [0.25, 0.3) is 0 Å². The normalized spacial score (nSPS) is 14.0. The molecule has 0 bridgehead atoms. The highest BCUT2D eigenvalue weighted by atomic mass is 32.2. The van der Waals surface area contributed by atoms with Crippen molar-refractivity contribution in [3.8, 4) is 0 Å². The molecule has 3 aromatic carbocycles. The van der Waals surface area contributed by atoms with Gasteiger partial charge in [0.05, 0.1) is 25.2 Å². The third-order valence-electron chi connectivity index (χ3n) is 8.01. The molecule has 0 aromatic heterocycles. The van der Waals surface area contributed by atoms with Crippen molar-refractivity contribution in [1.82, 2.24) is 14.9 Å². The number of amides is 2. The summed E-state index contributed by atoms with van der Waals surface area (Å²) in [7, 11) is -3.09. The lowest BCUT2D eigenvalue weighted by Crippen LogP contribution is -2.55. The number of aliphatic hydroxyl groups excluding tert-OH is 2. The zero-order chi connectivity index (χ0) is 36.2. The van der Waals surface area contributed by atoms with Crippen molar-refractivity contribution in [1.29, 1.82) is 0 Å². The van der Waals surface area contributed by atoms with Gasteiger partial charge in [0.25, 0.3) is 0 Å². The average molecular weight is 708 g/mol. The number of nitrogens with zero attached hydrogens (tertiary/aromatic N) is 1. The maximum Gasteiger partial charge on any atom is 0.408 e. The van der Waals surface area contributed by atoms with Crippen LogP contribution >= 0.6 is 0 Å². The third kappa shape index (κ3) is 11.0. The molecule has 4 N–H and O–H groups in total. The Morgan fingerprint density at radius 2 is 1.41 bits per heavy atom. The van der Waals surface area contributed by atoms with Crippen molar-refractivity contribution in [3.63, 3.8) is 0 Å². The summed E-state index contributed by atoms with van der Waals surface area (Å²) in [6.45, 7) is 2.61. The molecule has 3 aromatic rings. The number of alkyl carbamates (subject to hydrolysis) is 1. The van der Waals surface area contributed by atoms with Gasteiger partial charge >= 0.3 is 12.3 Å². The number of halogens is 3. The highest BCUT2D eigenvalue weighted by Crippen LogP contribution is 2.31. The topological polar surface area (TPSA) is 145 Å². The second-order valence-electron chi connectivity index (χ2n) is 12.1. The number of carbonyl (C=O) groups excluding carboxylic acids is 2. The minimum atomic E-state index is -4.90. The molecule has 3 rings (SSSR count). The molecule has 0 aliphatic rings. The molecule has 0 radical (unpaired) electrons. The monoisotopic (exact) mass is 707 g/mol. The second-order valence-corrected chi connectivity index (χ2v) is 13.9. The molecule has 14 heteroatoms. The van der Waals surface area contributed by atoms with E-state index in [0.29, 0.717) is 16.7 Å². The Hall–Kier alpha value is -3.98. The lowest BCUT2D eigenvalue weighted by molar-refractivity contribution is -0.164. The minimum absolute atomic E-state index is 0.00398. The first-order chi connectivity index (χ1) is 23.2. The van der Waals surface area contributed by atoms with E-state index in [0.717, 1.165) is 11.4 Å². The second kappa shape index (κ2) is 18.1. The summed E-state index contributed by atoms with van der Waals surface area (Å²) in [5.41, 5.74) is 1.63. The molecule has 268 valence electrons. The van der Waals surface area contributed by atoms with E-state index in [1.54, 1.807) is 74.5 Å². The van der Waals surface area contributed by atoms with Crippen molar-refractivity contribution < 1.29 is 46.1 Å². The van der Waals surface area contributed by atoms with Gasteiger partial charge in [0.1, 0.15) is 12.1 Å². The van der Waals surface area contributed by atoms with E-state index in [-0.39, 0.29) is 36.8 Å². The van der Waals surface area contributed by atoms with Gasteiger partial charge in [-0.1, -0.05) is 86.6 Å². The number of methoxy groups -OCH3 is 1. The average Bonchev–Trinajstić information content (AvgIpc) is 3.08. The molecule has 2 amide bonds. The molecule has 0 unspecified atom stereocenters. The van der Waals surface area contributed by atoms with Gasteiger partial charge in [0.2, 0.25) is 15.9 Å². The van der Waals surface area contributed by atoms with Crippen LogP contribution in [0.2, 0.25) is 0 Å². The van der Waals surface area contributed by atoms with Gasteiger partial charge in [-0.15, -0.1) is 0 Å². The van der Waals surface area contributed by atoms with Crippen LogP contribution in [0.15, 0.2) is 89.8 Å². The van der Waals surface area contributed by atoms with Crippen LogP contribution < -0.4 is 10.6 Å². The Balaban J connectivity index is 1.87. The fraction of sp³-hybridized carbons (Fsp3) is 0.429. The predicted octanol–water partition coefficient (Wildman–Crippen LogP) is 4.96. The summed E-state index contributed by atoms with van der Waals surface area (Å²) in [5, 5.41) is 24.1. The van der Waals surface area contributed by atoms with Crippen LogP contribution in [-0.4, -0.2) is 79.5 Å². The van der Waals surface area contributed by atoms with Gasteiger partial charge in [0, 0.05) is 18.5 Å². The summed E-state index contributed by atoms with van der Waals surface area (Å²) < 4.78 is 76.3. The van der Waals surface area contributed by atoms with Gasteiger partial charge in [-0.2, -0.15) is 17.5 Å². The standard InChI is InChI=1S/C35H44F3N3O7S/c1-24(2)21-41(49(46,47)29-19-17-25(22-42)18-20-29)28(23-43)15-10-16-30(35(36,37)38)39-33(44)32(40-34(45)48-3)31(26-11-6-4-7-12-26)27-13-8-5-9-14-27/h4-9,11-14,17-20,24,28,30-32,42-43H,10,15-16,21-23H2,1-3H3,(H,39,44)(H,40,45)/t28-,30+,32-/m0/s1. The Kier molecular flexibility index (Phi) is 14.6. The van der Waals surface area contributed by atoms with Crippen LogP contribution in [-0.2, 0) is 26.2 Å². The summed E-state index contributed by atoms with van der Waals surface area (Å²) in [4.78, 5) is 26.0. The van der Waals surface area contributed by atoms with E-state index >= 15 is 0 Å². The van der Waals surface area contributed by atoms with E-state index in [1.807, 2.05) is 0 Å². The number of aliphatic hydroxyl groups is 2. The van der Waals surface area contributed by atoms with E-state index in [9.17, 15) is 41.4 Å². The smallest absolute Gasteiger partial charge is 0.408 e. The Bertz CT molecular complexity index is 1540. The first-order valence-electron chi connectivity index (χ1n) is 15.9. The molecule has 0 fully saturated rings. The Labute approximate surface area is 285 Å². The minimum Gasteiger partial charge on any atom is -0.453 e. The zero-order valence-electron chi connectivity index (χ0n) is 27.6. The van der Waals surface area contributed by atoms with Crippen LogP contribution in [0.3, 0.4) is 0 Å². The third-order valence-corrected chi connectivity index (χ3v) is 9.94. The molecule has 0 aliphatic heterocycles. The molecule has 0 saturated heterocycles. The summed E-state index contributed by atoms with van der Waals surface area (Å²) >= 11 is 0. The number of carbonyl (C=O) groups is 2.